The summed E-state index contributed by atoms with van der Waals surface area (Å²) in [6, 6.07) is 6.62. The Morgan fingerprint density at radius 2 is 1.61 bits per heavy atom. The van der Waals surface area contributed by atoms with E-state index in [-0.39, 0.29) is 10.8 Å². The Kier molecular flexibility index (Phi) is 3.04. The first-order chi connectivity index (χ1) is 8.18. The molecule has 0 amide bonds. The van der Waals surface area contributed by atoms with Crippen LogP contribution >= 0.6 is 0 Å². The van der Waals surface area contributed by atoms with Crippen molar-refractivity contribution in [3.63, 3.8) is 0 Å². The molecule has 1 aliphatic rings. The second kappa shape index (κ2) is 4.15. The Labute approximate surface area is 111 Å². The number of benzene rings is 1. The number of hydrogen-bond donors (Lipinski definition) is 0. The Bertz CT molecular complexity index is 481. The molecule has 1 heterocycles. The van der Waals surface area contributed by atoms with E-state index in [1.165, 1.54) is 11.1 Å². The smallest absolute Gasteiger partial charge is 0.130 e. The van der Waals surface area contributed by atoms with Gasteiger partial charge in [0.05, 0.1) is 0 Å². The van der Waals surface area contributed by atoms with Crippen molar-refractivity contribution < 1.29 is 4.74 Å². The van der Waals surface area contributed by atoms with Gasteiger partial charge in [-0.3, -0.25) is 0 Å². The fourth-order valence-corrected chi connectivity index (χ4v) is 2.11. The van der Waals surface area contributed by atoms with Gasteiger partial charge in [0.2, 0.25) is 0 Å². The lowest BCUT2D eigenvalue weighted by molar-refractivity contribution is 0.283. The largest absolute Gasteiger partial charge is 0.461 e. The molecule has 0 fully saturated rings. The van der Waals surface area contributed by atoms with E-state index in [0.29, 0.717) is 0 Å². The molecule has 0 atom stereocenters. The quantitative estimate of drug-likeness (QED) is 0.634. The number of allylic oxidation sites excluding steroid dienone is 2. The van der Waals surface area contributed by atoms with Crippen LogP contribution in [0.15, 0.2) is 30.0 Å². The van der Waals surface area contributed by atoms with Crippen LogP contribution in [0, 0.1) is 5.41 Å². The summed E-state index contributed by atoms with van der Waals surface area (Å²) in [6.45, 7) is 13.3. The van der Waals surface area contributed by atoms with E-state index < -0.39 is 0 Å². The molecule has 1 heteroatoms. The third-order valence-corrected chi connectivity index (χ3v) is 3.40. The van der Waals surface area contributed by atoms with E-state index in [0.717, 1.165) is 17.9 Å². The van der Waals surface area contributed by atoms with Crippen LogP contribution in [0.1, 0.15) is 52.7 Å². The van der Waals surface area contributed by atoms with E-state index in [2.05, 4.69) is 65.8 Å². The molecule has 0 bridgehead atoms. The highest BCUT2D eigenvalue weighted by atomic mass is 16.5. The lowest BCUT2D eigenvalue weighted by Crippen LogP contribution is -2.19. The van der Waals surface area contributed by atoms with Crippen LogP contribution in [0.4, 0.5) is 0 Å². The van der Waals surface area contributed by atoms with Gasteiger partial charge in [0, 0.05) is 5.41 Å². The third-order valence-electron chi connectivity index (χ3n) is 3.40. The van der Waals surface area contributed by atoms with Crippen molar-refractivity contribution >= 4 is 0 Å². The average Bonchev–Trinajstić information content (AvgIpc) is 2.25. The minimum Gasteiger partial charge on any atom is -0.461 e. The maximum Gasteiger partial charge on any atom is 0.130 e. The summed E-state index contributed by atoms with van der Waals surface area (Å²) in [6.07, 6.45) is 3.19. The highest BCUT2D eigenvalue weighted by Crippen LogP contribution is 2.36. The second-order valence-corrected chi connectivity index (χ2v) is 7.20. The Hall–Kier alpha value is -1.24. The Morgan fingerprint density at radius 3 is 2.17 bits per heavy atom. The van der Waals surface area contributed by atoms with Crippen molar-refractivity contribution in [2.24, 2.45) is 5.41 Å². The van der Waals surface area contributed by atoms with Crippen LogP contribution in [-0.4, -0.2) is 0 Å². The third kappa shape index (κ3) is 2.60. The van der Waals surface area contributed by atoms with Gasteiger partial charge in [0.1, 0.15) is 11.5 Å². The van der Waals surface area contributed by atoms with Gasteiger partial charge in [-0.05, 0) is 35.1 Å². The fourth-order valence-electron chi connectivity index (χ4n) is 2.11. The highest BCUT2D eigenvalue weighted by molar-refractivity contribution is 5.44. The molecule has 0 N–H and O–H groups in total. The lowest BCUT2D eigenvalue weighted by atomic mass is 9.85. The number of hydrogen-bond acceptors (Lipinski definition) is 1. The van der Waals surface area contributed by atoms with Crippen LogP contribution in [-0.2, 0) is 11.8 Å². The van der Waals surface area contributed by atoms with Crippen molar-refractivity contribution in [1.29, 1.82) is 0 Å². The van der Waals surface area contributed by atoms with Gasteiger partial charge < -0.3 is 4.74 Å². The van der Waals surface area contributed by atoms with E-state index in [9.17, 15) is 0 Å². The molecule has 0 unspecified atom stereocenters. The first kappa shape index (κ1) is 13.2. The predicted molar refractivity (Wildman–Crippen MR) is 77.0 cm³/mol. The monoisotopic (exact) mass is 244 g/mol. The second-order valence-electron chi connectivity index (χ2n) is 7.20. The molecular weight excluding hydrogens is 220 g/mol. The van der Waals surface area contributed by atoms with Crippen molar-refractivity contribution in [3.8, 4) is 5.75 Å². The van der Waals surface area contributed by atoms with Crippen molar-refractivity contribution in [3.05, 3.63) is 41.2 Å². The van der Waals surface area contributed by atoms with E-state index in [1.54, 1.807) is 0 Å². The summed E-state index contributed by atoms with van der Waals surface area (Å²) in [5.41, 5.74) is 2.86. The molecule has 0 aromatic heterocycles. The summed E-state index contributed by atoms with van der Waals surface area (Å²) in [4.78, 5) is 0. The maximum absolute atomic E-state index is 6.09. The minimum atomic E-state index is 0.0788. The number of rotatable bonds is 0. The van der Waals surface area contributed by atoms with Gasteiger partial charge in [-0.15, -0.1) is 0 Å². The van der Waals surface area contributed by atoms with E-state index in [1.807, 2.05) is 0 Å². The molecule has 1 aromatic rings. The molecule has 0 saturated heterocycles. The summed E-state index contributed by atoms with van der Waals surface area (Å²) < 4.78 is 6.09. The van der Waals surface area contributed by atoms with Gasteiger partial charge in [-0.25, -0.2) is 0 Å². The molecule has 0 saturated carbocycles. The van der Waals surface area contributed by atoms with Crippen LogP contribution in [0.3, 0.4) is 0 Å². The van der Waals surface area contributed by atoms with Crippen molar-refractivity contribution in [1.82, 2.24) is 0 Å². The van der Waals surface area contributed by atoms with Crippen molar-refractivity contribution in [2.45, 2.75) is 53.4 Å². The van der Waals surface area contributed by atoms with Gasteiger partial charge in [0.15, 0.2) is 0 Å². The predicted octanol–water partition coefficient (Wildman–Crippen LogP) is 4.85. The summed E-state index contributed by atoms with van der Waals surface area (Å²) in [5.74, 6) is 2.12. The zero-order valence-corrected chi connectivity index (χ0v) is 12.4. The highest BCUT2D eigenvalue weighted by Gasteiger charge is 2.24. The first-order valence-electron chi connectivity index (χ1n) is 6.70. The fraction of sp³-hybridized carbons (Fsp3) is 0.529. The topological polar surface area (TPSA) is 9.23 Å². The normalized spacial score (nSPS) is 15.8. The molecular formula is C17H24O. The Morgan fingerprint density at radius 1 is 0.944 bits per heavy atom. The molecule has 18 heavy (non-hydrogen) atoms. The standard InChI is InChI=1S/C17H24O/c1-16(2,3)13-9-7-12-8-10-15(17(4,5)6)18-14(12)11-13/h7,9-11H,8H2,1-6H3. The summed E-state index contributed by atoms with van der Waals surface area (Å²) in [7, 11) is 0. The van der Waals surface area contributed by atoms with Crippen LogP contribution in [0.25, 0.3) is 0 Å². The average molecular weight is 244 g/mol. The zero-order valence-electron chi connectivity index (χ0n) is 12.4. The molecule has 1 aliphatic heterocycles. The van der Waals surface area contributed by atoms with E-state index >= 15 is 0 Å². The van der Waals surface area contributed by atoms with E-state index in [4.69, 9.17) is 4.74 Å². The molecule has 2 rings (SSSR count). The molecule has 0 spiro atoms. The molecule has 1 nitrogen and oxygen atoms in total. The summed E-state index contributed by atoms with van der Waals surface area (Å²) >= 11 is 0. The maximum atomic E-state index is 6.09. The van der Waals surface area contributed by atoms with Gasteiger partial charge in [-0.1, -0.05) is 53.7 Å². The van der Waals surface area contributed by atoms with Gasteiger partial charge >= 0.3 is 0 Å². The lowest BCUT2D eigenvalue weighted by Gasteiger charge is -2.29. The molecule has 1 aromatic carbocycles. The van der Waals surface area contributed by atoms with Crippen LogP contribution < -0.4 is 4.74 Å². The molecule has 98 valence electrons. The van der Waals surface area contributed by atoms with Gasteiger partial charge in [0.25, 0.3) is 0 Å². The molecule has 0 aliphatic carbocycles. The van der Waals surface area contributed by atoms with Crippen LogP contribution in [0.2, 0.25) is 0 Å². The summed E-state index contributed by atoms with van der Waals surface area (Å²) in [5, 5.41) is 0. The number of fused-ring (bicyclic) bond motifs is 1. The molecule has 0 radical (unpaired) electrons. The SMILES string of the molecule is CC(C)(C)C1=CCc2ccc(C(C)(C)C)cc2O1. The Balaban J connectivity index is 2.35. The zero-order chi connectivity index (χ0) is 13.6. The van der Waals surface area contributed by atoms with Gasteiger partial charge in [-0.2, -0.15) is 0 Å². The van der Waals surface area contributed by atoms with Crippen LogP contribution in [0.5, 0.6) is 5.75 Å². The minimum absolute atomic E-state index is 0.0788. The van der Waals surface area contributed by atoms with Crippen molar-refractivity contribution in [2.75, 3.05) is 0 Å². The first-order valence-corrected chi connectivity index (χ1v) is 6.70. The number of ether oxygens (including phenoxy) is 1.